The van der Waals surface area contributed by atoms with Gasteiger partial charge in [0.05, 0.1) is 9.81 Å². The summed E-state index contributed by atoms with van der Waals surface area (Å²) in [5.74, 6) is 1.26. The molecule has 0 saturated heterocycles. The van der Waals surface area contributed by atoms with Crippen molar-refractivity contribution in [2.75, 3.05) is 0 Å². The van der Waals surface area contributed by atoms with E-state index < -0.39 is 0 Å². The van der Waals surface area contributed by atoms with Gasteiger partial charge in [0.2, 0.25) is 0 Å². The summed E-state index contributed by atoms with van der Waals surface area (Å²) in [6.07, 6.45) is 5.72. The summed E-state index contributed by atoms with van der Waals surface area (Å²) in [4.78, 5) is 4.72. The van der Waals surface area contributed by atoms with E-state index in [9.17, 15) is 0 Å². The molecule has 2 aromatic rings. The van der Waals surface area contributed by atoms with Gasteiger partial charge in [-0.3, -0.25) is 4.98 Å². The SMILES string of the molecule is [2H]c1c([2H])c2c(c([2H])c1-c1cc3c(cn1)C1CCC3C1)C(C)(C)C(C)(C)C2(C)C. The van der Waals surface area contributed by atoms with Crippen LogP contribution in [0.5, 0.6) is 0 Å². The first-order valence-electron chi connectivity index (χ1n) is 11.6. The van der Waals surface area contributed by atoms with Crippen LogP contribution in [0, 0.1) is 5.41 Å². The minimum Gasteiger partial charge on any atom is -0.256 e. The third-order valence-electron chi connectivity index (χ3n) is 8.72. The average molecular weight is 349 g/mol. The Labute approximate surface area is 162 Å². The van der Waals surface area contributed by atoms with Gasteiger partial charge in [-0.1, -0.05) is 53.6 Å². The molecule has 5 rings (SSSR count). The number of hydrogen-bond donors (Lipinski definition) is 0. The van der Waals surface area contributed by atoms with E-state index in [1.807, 2.05) is 6.20 Å². The fourth-order valence-electron chi connectivity index (χ4n) is 5.74. The first-order valence-corrected chi connectivity index (χ1v) is 10.1. The number of benzene rings is 1. The number of hydrogen-bond acceptors (Lipinski definition) is 1. The van der Waals surface area contributed by atoms with Crippen molar-refractivity contribution in [2.45, 2.75) is 83.5 Å². The van der Waals surface area contributed by atoms with Crippen LogP contribution in [0.15, 0.2) is 30.4 Å². The maximum Gasteiger partial charge on any atom is 0.0705 e. The van der Waals surface area contributed by atoms with Crippen molar-refractivity contribution < 1.29 is 4.11 Å². The standard InChI is InChI=1S/C25H31N/c1-23(2)20-10-9-17(12-21(20)24(3,4)25(23,5)6)22-13-18-15-7-8-16(11-15)19(18)14-26-22/h9-10,12-16H,7-8,11H2,1-6H3/i9D,10D,12D. The zero-order chi connectivity index (χ0) is 21.1. The first-order chi connectivity index (χ1) is 13.4. The van der Waals surface area contributed by atoms with Crippen LogP contribution < -0.4 is 0 Å². The first kappa shape index (κ1) is 13.5. The van der Waals surface area contributed by atoms with E-state index in [-0.39, 0.29) is 28.3 Å². The molecule has 1 heteroatoms. The Bertz CT molecular complexity index is 1060. The Morgan fingerprint density at radius 2 is 1.58 bits per heavy atom. The van der Waals surface area contributed by atoms with Crippen LogP contribution in [-0.4, -0.2) is 4.98 Å². The van der Waals surface area contributed by atoms with Crippen LogP contribution in [0.4, 0.5) is 0 Å². The van der Waals surface area contributed by atoms with Crippen molar-refractivity contribution in [1.82, 2.24) is 4.98 Å². The van der Waals surface area contributed by atoms with Crippen molar-refractivity contribution in [2.24, 2.45) is 5.41 Å². The highest BCUT2D eigenvalue weighted by molar-refractivity contribution is 5.66. The van der Waals surface area contributed by atoms with Gasteiger partial charge in [-0.05, 0) is 81.7 Å². The van der Waals surface area contributed by atoms with E-state index in [4.69, 9.17) is 9.10 Å². The van der Waals surface area contributed by atoms with Gasteiger partial charge in [-0.15, -0.1) is 0 Å². The fourth-order valence-corrected chi connectivity index (χ4v) is 5.74. The fraction of sp³-hybridized carbons (Fsp3) is 0.560. The second kappa shape index (κ2) is 4.80. The third-order valence-corrected chi connectivity index (χ3v) is 8.72. The Morgan fingerprint density at radius 1 is 0.923 bits per heavy atom. The maximum atomic E-state index is 9.17. The molecule has 2 atom stereocenters. The minimum atomic E-state index is -0.280. The monoisotopic (exact) mass is 348 g/mol. The van der Waals surface area contributed by atoms with E-state index in [1.165, 1.54) is 30.4 Å². The second-order valence-corrected chi connectivity index (χ2v) is 10.3. The van der Waals surface area contributed by atoms with Crippen LogP contribution in [-0.2, 0) is 10.8 Å². The minimum absolute atomic E-state index is 0.135. The lowest BCUT2D eigenvalue weighted by Crippen LogP contribution is -2.42. The summed E-state index contributed by atoms with van der Waals surface area (Å²) in [5.41, 5.74) is 5.13. The topological polar surface area (TPSA) is 12.9 Å². The number of rotatable bonds is 1. The maximum absolute atomic E-state index is 9.17. The lowest BCUT2D eigenvalue weighted by molar-refractivity contribution is 0.125. The lowest BCUT2D eigenvalue weighted by atomic mass is 9.59. The van der Waals surface area contributed by atoms with E-state index in [0.717, 1.165) is 11.1 Å². The molecule has 2 bridgehead atoms. The van der Waals surface area contributed by atoms with E-state index in [2.05, 4.69) is 47.6 Å². The third kappa shape index (κ3) is 1.80. The molecule has 136 valence electrons. The van der Waals surface area contributed by atoms with Crippen molar-refractivity contribution >= 4 is 0 Å². The Hall–Kier alpha value is -1.63. The van der Waals surface area contributed by atoms with Gasteiger partial charge in [0, 0.05) is 11.8 Å². The molecule has 0 amide bonds. The highest BCUT2D eigenvalue weighted by Gasteiger charge is 2.56. The number of nitrogens with zero attached hydrogens (tertiary/aromatic N) is 1. The van der Waals surface area contributed by atoms with Crippen LogP contribution in [0.2, 0.25) is 0 Å². The van der Waals surface area contributed by atoms with Gasteiger partial charge in [0.25, 0.3) is 0 Å². The molecule has 0 spiro atoms. The van der Waals surface area contributed by atoms with Crippen molar-refractivity contribution in [1.29, 1.82) is 0 Å². The quantitative estimate of drug-likeness (QED) is 0.558. The van der Waals surface area contributed by atoms with Gasteiger partial charge < -0.3 is 0 Å². The molecule has 1 fully saturated rings. The second-order valence-electron chi connectivity index (χ2n) is 10.3. The highest BCUT2D eigenvalue weighted by atomic mass is 14.7. The lowest BCUT2D eigenvalue weighted by Gasteiger charge is -2.44. The summed E-state index contributed by atoms with van der Waals surface area (Å²) >= 11 is 0. The molecule has 2 unspecified atom stereocenters. The molecule has 1 saturated carbocycles. The molecule has 0 radical (unpaired) electrons. The molecule has 0 N–H and O–H groups in total. The van der Waals surface area contributed by atoms with Crippen LogP contribution in [0.3, 0.4) is 0 Å². The predicted molar refractivity (Wildman–Crippen MR) is 109 cm³/mol. The van der Waals surface area contributed by atoms with Crippen molar-refractivity contribution in [3.05, 3.63) is 52.6 Å². The van der Waals surface area contributed by atoms with E-state index >= 15 is 0 Å². The molecule has 26 heavy (non-hydrogen) atoms. The van der Waals surface area contributed by atoms with Gasteiger partial charge in [-0.25, -0.2) is 0 Å². The highest BCUT2D eigenvalue weighted by Crippen LogP contribution is 2.62. The molecule has 1 aromatic heterocycles. The summed E-state index contributed by atoms with van der Waals surface area (Å²) in [6, 6.07) is 2.97. The Morgan fingerprint density at radius 3 is 2.31 bits per heavy atom. The largest absolute Gasteiger partial charge is 0.256 e. The predicted octanol–water partition coefficient (Wildman–Crippen LogP) is 6.71. The van der Waals surface area contributed by atoms with Gasteiger partial charge in [0.1, 0.15) is 0 Å². The summed E-state index contributed by atoms with van der Waals surface area (Å²) in [5, 5.41) is 0. The zero-order valence-electron chi connectivity index (χ0n) is 19.9. The molecule has 1 aromatic carbocycles. The molecule has 1 nitrogen and oxygen atoms in total. The summed E-state index contributed by atoms with van der Waals surface area (Å²) in [7, 11) is 0. The van der Waals surface area contributed by atoms with Crippen LogP contribution in [0.1, 0.15) is 99.0 Å². The van der Waals surface area contributed by atoms with Gasteiger partial charge >= 0.3 is 0 Å². The van der Waals surface area contributed by atoms with Crippen molar-refractivity contribution in [3.63, 3.8) is 0 Å². The average Bonchev–Trinajstić information content (AvgIpc) is 3.28. The van der Waals surface area contributed by atoms with Gasteiger partial charge in [-0.2, -0.15) is 0 Å². The molecule has 3 aliphatic carbocycles. The van der Waals surface area contributed by atoms with E-state index in [1.54, 1.807) is 0 Å². The smallest absolute Gasteiger partial charge is 0.0705 e. The molecular weight excluding hydrogens is 314 g/mol. The Balaban J connectivity index is 1.79. The molecule has 0 aliphatic heterocycles. The van der Waals surface area contributed by atoms with E-state index in [0.29, 0.717) is 29.1 Å². The zero-order valence-corrected chi connectivity index (χ0v) is 16.9. The molecular formula is C25H31N. The normalized spacial score (nSPS) is 30.5. The molecule has 3 aliphatic rings. The van der Waals surface area contributed by atoms with Crippen LogP contribution in [0.25, 0.3) is 11.3 Å². The summed E-state index contributed by atoms with van der Waals surface area (Å²) in [6.45, 7) is 13.2. The van der Waals surface area contributed by atoms with Gasteiger partial charge in [0.15, 0.2) is 0 Å². The number of aromatic nitrogens is 1. The molecule has 1 heterocycles. The Kier molecular flexibility index (Phi) is 2.50. The summed E-state index contributed by atoms with van der Waals surface area (Å²) < 4.78 is 26.9. The van der Waals surface area contributed by atoms with Crippen LogP contribution >= 0.6 is 0 Å². The van der Waals surface area contributed by atoms with Crippen molar-refractivity contribution in [3.8, 4) is 11.3 Å². The number of pyridine rings is 1. The number of fused-ring (bicyclic) bond motifs is 6.